The number of esters is 1. The Bertz CT molecular complexity index is 1660. The Morgan fingerprint density at radius 2 is 1.74 bits per heavy atom. The van der Waals surface area contributed by atoms with Gasteiger partial charge in [-0.05, 0) is 55.7 Å². The van der Waals surface area contributed by atoms with E-state index in [2.05, 4.69) is 20.3 Å². The first-order chi connectivity index (χ1) is 20.3. The molecule has 0 aliphatic heterocycles. The van der Waals surface area contributed by atoms with Crippen molar-refractivity contribution >= 4 is 28.5 Å². The molecule has 0 saturated heterocycles. The second-order valence-corrected chi connectivity index (χ2v) is 9.85. The number of aryl methyl sites for hydroxylation is 2. The van der Waals surface area contributed by atoms with Crippen molar-refractivity contribution in [1.29, 1.82) is 0 Å². The highest BCUT2D eigenvalue weighted by molar-refractivity contribution is 5.98. The molecule has 0 saturated carbocycles. The van der Waals surface area contributed by atoms with Gasteiger partial charge in [-0.15, -0.1) is 0 Å². The van der Waals surface area contributed by atoms with E-state index in [0.717, 1.165) is 18.4 Å². The molecule has 2 heterocycles. The van der Waals surface area contributed by atoms with Crippen LogP contribution in [0.5, 0.6) is 0 Å². The number of rotatable bonds is 9. The van der Waals surface area contributed by atoms with Gasteiger partial charge in [0, 0.05) is 41.1 Å². The number of aromatic nitrogens is 3. The Kier molecular flexibility index (Phi) is 9.22. The number of pyridine rings is 1. The molecule has 0 bridgehead atoms. The number of ether oxygens (including phenoxy) is 1. The molecule has 0 radical (unpaired) electrons. The first kappa shape index (κ1) is 31.3. The Balaban J connectivity index is 1.63. The van der Waals surface area contributed by atoms with Crippen LogP contribution in [0.1, 0.15) is 40.5 Å². The fraction of sp³-hybridized carbons (Fsp3) is 0.300. The van der Waals surface area contributed by atoms with Gasteiger partial charge in [0.25, 0.3) is 5.91 Å². The van der Waals surface area contributed by atoms with Crippen molar-refractivity contribution in [2.24, 2.45) is 0 Å². The third kappa shape index (κ3) is 6.87. The van der Waals surface area contributed by atoms with Crippen LogP contribution >= 0.6 is 0 Å². The molecule has 0 spiro atoms. The minimum absolute atomic E-state index is 0.138. The van der Waals surface area contributed by atoms with E-state index in [1.165, 1.54) is 6.92 Å². The van der Waals surface area contributed by atoms with E-state index in [1.54, 1.807) is 36.7 Å². The standard InChI is InChI=1S/C30H28F5N5O3/c1-5-24(30(33,34)35)39-18-12-21(31)25(22(32)13-18)28(41)40-23(29(42)43-4)11-17-8-9-20(26-19(17)7-6-10-36-26)27-37-14-15(2)16(3)38-27/h6-10,12-14,23-24,39H,5,11H2,1-4H3,(H,40,41)/t23-,24+/m0/s1. The zero-order chi connectivity index (χ0) is 31.5. The van der Waals surface area contributed by atoms with Gasteiger partial charge in [-0.25, -0.2) is 23.5 Å². The topological polar surface area (TPSA) is 106 Å². The van der Waals surface area contributed by atoms with Gasteiger partial charge in [0.15, 0.2) is 5.82 Å². The fourth-order valence-corrected chi connectivity index (χ4v) is 4.52. The Morgan fingerprint density at radius 3 is 2.35 bits per heavy atom. The third-order valence-corrected chi connectivity index (χ3v) is 6.95. The van der Waals surface area contributed by atoms with Gasteiger partial charge in [-0.1, -0.05) is 19.1 Å². The summed E-state index contributed by atoms with van der Waals surface area (Å²) in [6.45, 7) is 5.00. The lowest BCUT2D eigenvalue weighted by Crippen LogP contribution is -2.43. The first-order valence-corrected chi connectivity index (χ1v) is 13.2. The molecular formula is C30H28F5N5O3. The summed E-state index contributed by atoms with van der Waals surface area (Å²) < 4.78 is 73.9. The van der Waals surface area contributed by atoms with Gasteiger partial charge in [0.2, 0.25) is 0 Å². The average molecular weight is 602 g/mol. The normalized spacial score (nSPS) is 13.0. The molecule has 8 nitrogen and oxygen atoms in total. The molecule has 226 valence electrons. The molecule has 0 aliphatic rings. The van der Waals surface area contributed by atoms with Crippen molar-refractivity contribution in [2.75, 3.05) is 12.4 Å². The van der Waals surface area contributed by atoms with Crippen molar-refractivity contribution in [2.45, 2.75) is 51.9 Å². The van der Waals surface area contributed by atoms with Crippen LogP contribution in [-0.2, 0) is 16.0 Å². The van der Waals surface area contributed by atoms with Gasteiger partial charge in [-0.3, -0.25) is 9.78 Å². The minimum Gasteiger partial charge on any atom is -0.467 e. The number of amides is 1. The summed E-state index contributed by atoms with van der Waals surface area (Å²) in [6, 6.07) is 4.62. The van der Waals surface area contributed by atoms with Gasteiger partial charge in [0.1, 0.15) is 29.3 Å². The molecular weight excluding hydrogens is 573 g/mol. The van der Waals surface area contributed by atoms with Gasteiger partial charge >= 0.3 is 12.1 Å². The van der Waals surface area contributed by atoms with Gasteiger partial charge in [0.05, 0.1) is 12.6 Å². The van der Waals surface area contributed by atoms with E-state index >= 15 is 0 Å². The third-order valence-electron chi connectivity index (χ3n) is 6.95. The minimum atomic E-state index is -4.66. The quantitative estimate of drug-likeness (QED) is 0.183. The second-order valence-electron chi connectivity index (χ2n) is 9.85. The highest BCUT2D eigenvalue weighted by Crippen LogP contribution is 2.30. The summed E-state index contributed by atoms with van der Waals surface area (Å²) in [6.07, 6.45) is -1.91. The van der Waals surface area contributed by atoms with Crippen molar-refractivity contribution in [3.05, 3.63) is 82.8 Å². The lowest BCUT2D eigenvalue weighted by Gasteiger charge is -2.22. The second kappa shape index (κ2) is 12.7. The molecule has 13 heteroatoms. The predicted molar refractivity (Wildman–Crippen MR) is 149 cm³/mol. The van der Waals surface area contributed by atoms with Gasteiger partial charge in [-0.2, -0.15) is 13.2 Å². The van der Waals surface area contributed by atoms with Crippen LogP contribution in [0.4, 0.5) is 27.6 Å². The van der Waals surface area contributed by atoms with E-state index in [4.69, 9.17) is 4.74 Å². The van der Waals surface area contributed by atoms with Crippen LogP contribution < -0.4 is 10.6 Å². The molecule has 4 rings (SSSR count). The van der Waals surface area contributed by atoms with E-state index in [0.29, 0.717) is 40.0 Å². The summed E-state index contributed by atoms with van der Waals surface area (Å²) in [5, 5.41) is 4.94. The number of fused-ring (bicyclic) bond motifs is 1. The lowest BCUT2D eigenvalue weighted by molar-refractivity contribution is -0.143. The molecule has 2 N–H and O–H groups in total. The summed E-state index contributed by atoms with van der Waals surface area (Å²) in [5.41, 5.74) is 1.88. The van der Waals surface area contributed by atoms with Crippen LogP contribution in [0.3, 0.4) is 0 Å². The van der Waals surface area contributed by atoms with E-state index in [9.17, 15) is 31.5 Å². The van der Waals surface area contributed by atoms with Crippen LogP contribution in [0.2, 0.25) is 0 Å². The van der Waals surface area contributed by atoms with E-state index in [1.807, 2.05) is 19.2 Å². The Labute approximate surface area is 243 Å². The molecule has 0 aliphatic carbocycles. The highest BCUT2D eigenvalue weighted by Gasteiger charge is 2.38. The zero-order valence-corrected chi connectivity index (χ0v) is 23.6. The number of hydrogen-bond acceptors (Lipinski definition) is 7. The highest BCUT2D eigenvalue weighted by atomic mass is 19.4. The largest absolute Gasteiger partial charge is 0.467 e. The number of anilines is 1. The molecule has 43 heavy (non-hydrogen) atoms. The van der Waals surface area contributed by atoms with Crippen molar-refractivity contribution < 1.29 is 36.3 Å². The molecule has 4 aromatic rings. The van der Waals surface area contributed by atoms with Crippen molar-refractivity contribution in [3.63, 3.8) is 0 Å². The maximum absolute atomic E-state index is 14.9. The van der Waals surface area contributed by atoms with Crippen LogP contribution in [0.25, 0.3) is 22.3 Å². The lowest BCUT2D eigenvalue weighted by atomic mass is 9.97. The monoisotopic (exact) mass is 601 g/mol. The van der Waals surface area contributed by atoms with Crippen LogP contribution in [0, 0.1) is 25.5 Å². The number of halogens is 5. The van der Waals surface area contributed by atoms with Crippen LogP contribution in [0.15, 0.2) is 48.8 Å². The number of methoxy groups -OCH3 is 1. The van der Waals surface area contributed by atoms with Crippen molar-refractivity contribution in [1.82, 2.24) is 20.3 Å². The van der Waals surface area contributed by atoms with Crippen molar-refractivity contribution in [3.8, 4) is 11.4 Å². The molecule has 2 aromatic heterocycles. The Hall–Kier alpha value is -4.68. The smallest absolute Gasteiger partial charge is 0.408 e. The SMILES string of the molecule is CC[C@@H](Nc1cc(F)c(C(=O)N[C@@H](Cc2ccc(-c3ncc(C)c(C)n3)c3ncccc23)C(=O)OC)c(F)c1)C(F)(F)F. The zero-order valence-electron chi connectivity index (χ0n) is 23.6. The summed E-state index contributed by atoms with van der Waals surface area (Å²) in [5.74, 6) is -4.55. The summed E-state index contributed by atoms with van der Waals surface area (Å²) in [7, 11) is 1.09. The van der Waals surface area contributed by atoms with Gasteiger partial charge < -0.3 is 15.4 Å². The van der Waals surface area contributed by atoms with E-state index < -0.39 is 59.4 Å². The number of hydrogen-bond donors (Lipinski definition) is 2. The molecule has 0 fully saturated rings. The number of alkyl halides is 3. The number of carbonyl (C=O) groups excluding carboxylic acids is 2. The molecule has 2 atom stereocenters. The average Bonchev–Trinajstić information content (AvgIpc) is 2.95. The summed E-state index contributed by atoms with van der Waals surface area (Å²) in [4.78, 5) is 39.1. The number of nitrogens with zero attached hydrogens (tertiary/aromatic N) is 3. The number of carbonyl (C=O) groups is 2. The van der Waals surface area contributed by atoms with Crippen LogP contribution in [-0.4, -0.2) is 52.2 Å². The fourth-order valence-electron chi connectivity index (χ4n) is 4.52. The Morgan fingerprint density at radius 1 is 1.05 bits per heavy atom. The maximum Gasteiger partial charge on any atom is 0.408 e. The molecule has 0 unspecified atom stereocenters. The van der Waals surface area contributed by atoms with E-state index in [-0.39, 0.29) is 6.42 Å². The number of benzene rings is 2. The molecule has 2 aromatic carbocycles. The summed E-state index contributed by atoms with van der Waals surface area (Å²) >= 11 is 0. The first-order valence-electron chi connectivity index (χ1n) is 13.2. The number of nitrogens with one attached hydrogen (secondary N) is 2. The molecule has 1 amide bonds. The maximum atomic E-state index is 14.9. The predicted octanol–water partition coefficient (Wildman–Crippen LogP) is 5.85.